The molecule has 0 bridgehead atoms. The van der Waals surface area contributed by atoms with Crippen LogP contribution in [-0.4, -0.2) is 76.4 Å². The maximum Gasteiger partial charge on any atom is 0.342 e. The van der Waals surface area contributed by atoms with Crippen molar-refractivity contribution in [1.29, 1.82) is 0 Å². The molecule has 2 aromatic carbocycles. The smallest absolute Gasteiger partial charge is 0.342 e. The van der Waals surface area contributed by atoms with E-state index in [1.807, 2.05) is 28.8 Å². The Labute approximate surface area is 333 Å². The van der Waals surface area contributed by atoms with Crippen molar-refractivity contribution in [3.63, 3.8) is 0 Å². The number of amides is 1. The molecule has 2 aromatic heterocycles. The average molecular weight is 783 g/mol. The van der Waals surface area contributed by atoms with Gasteiger partial charge in [-0.3, -0.25) is 14.0 Å². The Morgan fingerprint density at radius 3 is 2.44 bits per heavy atom. The van der Waals surface area contributed by atoms with Gasteiger partial charge in [-0.05, 0) is 92.3 Å². The molecule has 3 N–H and O–H groups in total. The fraction of sp³-hybridized carbons (Fsp3) is 0.477. The summed E-state index contributed by atoms with van der Waals surface area (Å²) in [5.74, 6) is -0.956. The fourth-order valence-corrected chi connectivity index (χ4v) is 8.32. The predicted octanol–water partition coefficient (Wildman–Crippen LogP) is 7.48. The van der Waals surface area contributed by atoms with Crippen LogP contribution in [0.15, 0.2) is 48.7 Å². The molecule has 57 heavy (non-hydrogen) atoms. The van der Waals surface area contributed by atoms with E-state index in [-0.39, 0.29) is 46.0 Å². The van der Waals surface area contributed by atoms with E-state index < -0.39 is 23.7 Å². The Bertz CT molecular complexity index is 2080. The number of Topliss-reactive ketones (excluding diaryl/α,β-unsaturated/α-hetero) is 1. The number of allylic oxidation sites excluding steroid dienone is 1. The molecule has 13 heteroatoms. The summed E-state index contributed by atoms with van der Waals surface area (Å²) < 4.78 is 24.7. The second kappa shape index (κ2) is 18.6. The van der Waals surface area contributed by atoms with Gasteiger partial charge in [0.1, 0.15) is 28.7 Å². The number of aromatic hydroxyl groups is 2. The number of esters is 1. The number of phenols is 2. The molecule has 2 atom stereocenters. The lowest BCUT2D eigenvalue weighted by molar-refractivity contribution is -0.122. The van der Waals surface area contributed by atoms with E-state index in [0.717, 1.165) is 43.6 Å². The van der Waals surface area contributed by atoms with Crippen molar-refractivity contribution in [2.75, 3.05) is 27.9 Å². The minimum Gasteiger partial charge on any atom is -0.507 e. The predicted molar refractivity (Wildman–Crippen MR) is 214 cm³/mol. The maximum absolute atomic E-state index is 14.3. The Hall–Kier alpha value is -5.59. The highest BCUT2D eigenvalue weighted by molar-refractivity contribution is 5.98. The third-order valence-corrected chi connectivity index (χ3v) is 11.4. The molecule has 2 unspecified atom stereocenters. The third-order valence-electron chi connectivity index (χ3n) is 11.4. The normalized spacial score (nSPS) is 18.2. The fourth-order valence-electron chi connectivity index (χ4n) is 8.32. The van der Waals surface area contributed by atoms with Crippen molar-refractivity contribution in [2.45, 2.75) is 102 Å². The molecule has 1 aliphatic heterocycles. The van der Waals surface area contributed by atoms with Gasteiger partial charge < -0.3 is 34.5 Å². The topological polar surface area (TPSA) is 171 Å². The Kier molecular flexibility index (Phi) is 13.4. The quantitative estimate of drug-likeness (QED) is 0.129. The van der Waals surface area contributed by atoms with Crippen LogP contribution in [0.5, 0.6) is 28.7 Å². The highest BCUT2D eigenvalue weighted by Crippen LogP contribution is 2.48. The van der Waals surface area contributed by atoms with Crippen LogP contribution in [0.3, 0.4) is 0 Å². The molecule has 304 valence electrons. The lowest BCUT2D eigenvalue weighted by Crippen LogP contribution is -2.41. The van der Waals surface area contributed by atoms with Gasteiger partial charge in [-0.15, -0.1) is 10.2 Å². The molecular formula is C44H54N4O9. The van der Waals surface area contributed by atoms with Gasteiger partial charge in [0, 0.05) is 49.9 Å². The van der Waals surface area contributed by atoms with E-state index in [4.69, 9.17) is 18.9 Å². The molecule has 0 saturated heterocycles. The average Bonchev–Trinajstić information content (AvgIpc) is 3.60. The van der Waals surface area contributed by atoms with E-state index >= 15 is 0 Å². The highest BCUT2D eigenvalue weighted by Gasteiger charge is 2.36. The number of nitrogens with one attached hydrogen (secondary N) is 1. The second-order valence-electron chi connectivity index (χ2n) is 15.3. The first kappa shape index (κ1) is 41.1. The van der Waals surface area contributed by atoms with Crippen LogP contribution in [0, 0.1) is 5.41 Å². The van der Waals surface area contributed by atoms with E-state index in [1.54, 1.807) is 31.2 Å². The minimum absolute atomic E-state index is 0.0230. The molecule has 1 saturated carbocycles. The molecule has 6 rings (SSSR count). The van der Waals surface area contributed by atoms with Crippen LogP contribution in [-0.2, 0) is 20.7 Å². The largest absolute Gasteiger partial charge is 0.507 e. The van der Waals surface area contributed by atoms with Crippen LogP contribution in [0.4, 0.5) is 0 Å². The number of rotatable bonds is 11. The van der Waals surface area contributed by atoms with Gasteiger partial charge in [0.25, 0.3) is 0 Å². The van der Waals surface area contributed by atoms with E-state index in [0.29, 0.717) is 74.3 Å². The molecule has 1 aliphatic carbocycles. The number of fused-ring (bicyclic) bond motifs is 2. The van der Waals surface area contributed by atoms with Crippen LogP contribution < -0.4 is 19.5 Å². The number of ether oxygens (including phenoxy) is 4. The van der Waals surface area contributed by atoms with Crippen molar-refractivity contribution in [1.82, 2.24) is 19.9 Å². The molecule has 0 spiro atoms. The van der Waals surface area contributed by atoms with Crippen molar-refractivity contribution in [3.8, 4) is 28.7 Å². The van der Waals surface area contributed by atoms with Gasteiger partial charge in [-0.1, -0.05) is 37.5 Å². The second-order valence-corrected chi connectivity index (χ2v) is 15.3. The Morgan fingerprint density at radius 2 is 1.72 bits per heavy atom. The summed E-state index contributed by atoms with van der Waals surface area (Å²) in [7, 11) is 4.44. The van der Waals surface area contributed by atoms with Crippen molar-refractivity contribution in [2.24, 2.45) is 5.41 Å². The monoisotopic (exact) mass is 782 g/mol. The minimum atomic E-state index is -0.986. The molecular weight excluding hydrogens is 729 g/mol. The molecule has 4 aromatic rings. The number of carbonyl (C=O) groups is 3. The van der Waals surface area contributed by atoms with Crippen LogP contribution in [0.2, 0.25) is 0 Å². The molecule has 3 heterocycles. The number of hydrogen-bond donors (Lipinski definition) is 3. The van der Waals surface area contributed by atoms with E-state index in [9.17, 15) is 24.6 Å². The summed E-state index contributed by atoms with van der Waals surface area (Å²) in [6, 6.07) is 10.5. The number of cyclic esters (lactones) is 1. The van der Waals surface area contributed by atoms with Gasteiger partial charge in [-0.25, -0.2) is 4.79 Å². The summed E-state index contributed by atoms with van der Waals surface area (Å²) in [6.45, 7) is 2.13. The number of ketones is 1. The van der Waals surface area contributed by atoms with Crippen molar-refractivity contribution >= 4 is 29.4 Å². The Morgan fingerprint density at radius 1 is 0.982 bits per heavy atom. The first-order valence-electron chi connectivity index (χ1n) is 19.9. The SMILES string of the molecule is COc1cc(C(CC(=O)NCC2(Cc3nnc4ccccn34)CCCCC2)c2c(O)cc3c(c2O)C(=O)OC(C)CCCC(=O)CCCC=C3)cc(OC)c1OC. The van der Waals surface area contributed by atoms with E-state index in [2.05, 4.69) is 15.5 Å². The third kappa shape index (κ3) is 9.52. The van der Waals surface area contributed by atoms with Crippen molar-refractivity contribution in [3.05, 3.63) is 76.7 Å². The summed E-state index contributed by atoms with van der Waals surface area (Å²) in [4.78, 5) is 40.5. The van der Waals surface area contributed by atoms with Crippen molar-refractivity contribution < 1.29 is 43.5 Å². The van der Waals surface area contributed by atoms with Gasteiger partial charge in [0.05, 0.1) is 27.4 Å². The summed E-state index contributed by atoms with van der Waals surface area (Å²) in [6.07, 6.45) is 13.3. The van der Waals surface area contributed by atoms with E-state index in [1.165, 1.54) is 27.4 Å². The number of pyridine rings is 1. The number of phenolic OH excluding ortho intramolecular Hbond substituents is 2. The lowest BCUT2D eigenvalue weighted by atomic mass is 9.71. The van der Waals surface area contributed by atoms with Gasteiger partial charge in [0.15, 0.2) is 17.1 Å². The first-order valence-corrected chi connectivity index (χ1v) is 19.9. The summed E-state index contributed by atoms with van der Waals surface area (Å²) in [5, 5.41) is 36.0. The number of aromatic nitrogens is 3. The molecule has 1 amide bonds. The van der Waals surface area contributed by atoms with Gasteiger partial charge >= 0.3 is 5.97 Å². The van der Waals surface area contributed by atoms with Gasteiger partial charge in [0.2, 0.25) is 11.7 Å². The number of hydrogen-bond acceptors (Lipinski definition) is 11. The Balaban J connectivity index is 1.38. The zero-order chi connectivity index (χ0) is 40.5. The summed E-state index contributed by atoms with van der Waals surface area (Å²) >= 11 is 0. The lowest BCUT2D eigenvalue weighted by Gasteiger charge is -2.37. The van der Waals surface area contributed by atoms with Crippen LogP contribution in [0.25, 0.3) is 11.7 Å². The van der Waals surface area contributed by atoms with Gasteiger partial charge in [-0.2, -0.15) is 0 Å². The molecule has 13 nitrogen and oxygen atoms in total. The highest BCUT2D eigenvalue weighted by atomic mass is 16.5. The zero-order valence-corrected chi connectivity index (χ0v) is 33.3. The van der Waals surface area contributed by atoms with Crippen LogP contribution in [0.1, 0.15) is 123 Å². The maximum atomic E-state index is 14.3. The molecule has 2 aliphatic rings. The standard InChI is InChI=1S/C44H54N4O9/c1-28-14-13-17-31(49)16-8-5-7-15-29-22-33(50)40(41(52)39(29)43(53)57-28)32(30-23-34(54-2)42(56-4)35(24-30)55-3)25-38(51)45-27-44(19-10-6-11-20-44)26-37-47-46-36-18-9-12-21-48(36)37/h7,9,12,15,18,21-24,28,32,50,52H,5-6,8,10-11,13-14,16-17,19-20,25-27H2,1-4H3,(H,45,51). The number of nitrogens with zero attached hydrogens (tertiary/aromatic N) is 3. The summed E-state index contributed by atoms with van der Waals surface area (Å²) in [5.41, 5.74) is 1.08. The number of carbonyl (C=O) groups excluding carboxylic acids is 3. The molecule has 0 radical (unpaired) electrons. The van der Waals surface area contributed by atoms with Crippen LogP contribution >= 0.6 is 0 Å². The zero-order valence-electron chi connectivity index (χ0n) is 33.3. The molecule has 1 fully saturated rings. The number of methoxy groups -OCH3 is 3. The first-order chi connectivity index (χ1) is 27.6. The number of benzene rings is 2.